The summed E-state index contributed by atoms with van der Waals surface area (Å²) < 4.78 is 0.892. The van der Waals surface area contributed by atoms with Crippen LogP contribution in [-0.4, -0.2) is 29.9 Å². The molecular formula is C14H16BrN3O. The van der Waals surface area contributed by atoms with Crippen LogP contribution in [0.3, 0.4) is 0 Å². The van der Waals surface area contributed by atoms with Crippen molar-refractivity contribution in [1.82, 2.24) is 4.90 Å². The first kappa shape index (κ1) is 13.9. The van der Waals surface area contributed by atoms with Gasteiger partial charge in [0.05, 0.1) is 11.3 Å². The van der Waals surface area contributed by atoms with E-state index in [1.54, 1.807) is 6.07 Å². The Morgan fingerprint density at radius 3 is 3.11 bits per heavy atom. The highest BCUT2D eigenvalue weighted by atomic mass is 79.9. The van der Waals surface area contributed by atoms with Crippen LogP contribution >= 0.6 is 15.9 Å². The number of nitrogens with zero attached hydrogens (tertiary/aromatic N) is 2. The molecule has 0 radical (unpaired) electrons. The summed E-state index contributed by atoms with van der Waals surface area (Å²) in [7, 11) is 0. The van der Waals surface area contributed by atoms with Gasteiger partial charge in [-0.05, 0) is 24.6 Å². The standard InChI is InChI=1S/C14H16BrN3O/c1-2-14(19)18-6-5-12(9-18)17-13-4-3-11(15)7-10(13)8-16/h3-4,7,12,17H,2,5-6,9H2,1H3/t12-/m1/s1. The molecule has 1 amide bonds. The molecule has 0 aliphatic carbocycles. The lowest BCUT2D eigenvalue weighted by Crippen LogP contribution is -2.31. The van der Waals surface area contributed by atoms with Gasteiger partial charge in [0, 0.05) is 30.0 Å². The summed E-state index contributed by atoms with van der Waals surface area (Å²) in [6.45, 7) is 3.39. The molecule has 0 unspecified atom stereocenters. The van der Waals surface area contributed by atoms with Crippen LogP contribution in [0.4, 0.5) is 5.69 Å². The summed E-state index contributed by atoms with van der Waals surface area (Å²) in [6, 6.07) is 8.01. The van der Waals surface area contributed by atoms with Crippen LogP contribution in [0.15, 0.2) is 22.7 Å². The second-order valence-electron chi connectivity index (χ2n) is 4.62. The van der Waals surface area contributed by atoms with Gasteiger partial charge >= 0.3 is 0 Å². The Bertz CT molecular complexity index is 524. The van der Waals surface area contributed by atoms with E-state index in [0.717, 1.165) is 23.1 Å². The van der Waals surface area contributed by atoms with Crippen molar-refractivity contribution in [2.24, 2.45) is 0 Å². The number of carbonyl (C=O) groups is 1. The zero-order valence-corrected chi connectivity index (χ0v) is 12.4. The normalized spacial score (nSPS) is 18.2. The number of likely N-dealkylation sites (tertiary alicyclic amines) is 1. The molecule has 0 saturated carbocycles. The number of hydrogen-bond donors (Lipinski definition) is 1. The predicted octanol–water partition coefficient (Wildman–Crippen LogP) is 2.74. The van der Waals surface area contributed by atoms with Gasteiger partial charge in [-0.15, -0.1) is 0 Å². The maximum absolute atomic E-state index is 11.6. The molecule has 0 aromatic heterocycles. The zero-order valence-electron chi connectivity index (χ0n) is 10.8. The SMILES string of the molecule is CCC(=O)N1CC[C@@H](Nc2ccc(Br)cc2C#N)C1. The van der Waals surface area contributed by atoms with E-state index in [1.807, 2.05) is 24.0 Å². The fraction of sp³-hybridized carbons (Fsp3) is 0.429. The van der Waals surface area contributed by atoms with E-state index in [0.29, 0.717) is 18.5 Å². The molecule has 0 bridgehead atoms. The molecule has 1 atom stereocenters. The van der Waals surface area contributed by atoms with Crippen molar-refractivity contribution in [3.8, 4) is 6.07 Å². The van der Waals surface area contributed by atoms with E-state index < -0.39 is 0 Å². The Morgan fingerprint density at radius 1 is 1.63 bits per heavy atom. The summed E-state index contributed by atoms with van der Waals surface area (Å²) in [4.78, 5) is 13.5. The predicted molar refractivity (Wildman–Crippen MR) is 77.8 cm³/mol. The maximum Gasteiger partial charge on any atom is 0.222 e. The molecule has 1 aliphatic rings. The van der Waals surface area contributed by atoms with Gasteiger partial charge in [0.15, 0.2) is 0 Å². The Morgan fingerprint density at radius 2 is 2.42 bits per heavy atom. The van der Waals surface area contributed by atoms with Crippen molar-refractivity contribution in [2.75, 3.05) is 18.4 Å². The zero-order chi connectivity index (χ0) is 13.8. The number of anilines is 1. The van der Waals surface area contributed by atoms with Crippen LogP contribution in [0, 0.1) is 11.3 Å². The minimum absolute atomic E-state index is 0.195. The quantitative estimate of drug-likeness (QED) is 0.931. The lowest BCUT2D eigenvalue weighted by atomic mass is 10.1. The van der Waals surface area contributed by atoms with Crippen molar-refractivity contribution >= 4 is 27.5 Å². The summed E-state index contributed by atoms with van der Waals surface area (Å²) in [5, 5.41) is 12.5. The fourth-order valence-corrected chi connectivity index (χ4v) is 2.64. The molecule has 5 heteroatoms. The second kappa shape index (κ2) is 6.07. The van der Waals surface area contributed by atoms with Crippen LogP contribution in [0.2, 0.25) is 0 Å². The van der Waals surface area contributed by atoms with Gasteiger partial charge in [0.25, 0.3) is 0 Å². The van der Waals surface area contributed by atoms with Gasteiger partial charge in [-0.1, -0.05) is 22.9 Å². The van der Waals surface area contributed by atoms with Crippen LogP contribution in [0.1, 0.15) is 25.3 Å². The van der Waals surface area contributed by atoms with Crippen LogP contribution in [-0.2, 0) is 4.79 Å². The largest absolute Gasteiger partial charge is 0.379 e. The monoisotopic (exact) mass is 321 g/mol. The highest BCUT2D eigenvalue weighted by Crippen LogP contribution is 2.23. The highest BCUT2D eigenvalue weighted by molar-refractivity contribution is 9.10. The molecule has 1 aliphatic heterocycles. The smallest absolute Gasteiger partial charge is 0.222 e. The minimum Gasteiger partial charge on any atom is -0.379 e. The van der Waals surface area contributed by atoms with Gasteiger partial charge in [-0.25, -0.2) is 0 Å². The maximum atomic E-state index is 11.6. The van der Waals surface area contributed by atoms with Crippen LogP contribution in [0.25, 0.3) is 0 Å². The van der Waals surface area contributed by atoms with E-state index in [-0.39, 0.29) is 11.9 Å². The number of amides is 1. The lowest BCUT2D eigenvalue weighted by molar-refractivity contribution is -0.129. The van der Waals surface area contributed by atoms with E-state index in [1.165, 1.54) is 0 Å². The number of nitrogens with one attached hydrogen (secondary N) is 1. The first-order valence-electron chi connectivity index (χ1n) is 6.38. The molecular weight excluding hydrogens is 306 g/mol. The number of hydrogen-bond acceptors (Lipinski definition) is 3. The molecule has 1 aromatic rings. The summed E-state index contributed by atoms with van der Waals surface area (Å²) in [5.41, 5.74) is 1.45. The molecule has 19 heavy (non-hydrogen) atoms. The molecule has 4 nitrogen and oxygen atoms in total. The summed E-state index contributed by atoms with van der Waals surface area (Å²) in [6.07, 6.45) is 1.47. The van der Waals surface area contributed by atoms with Gasteiger partial charge in [-0.2, -0.15) is 5.26 Å². The first-order valence-corrected chi connectivity index (χ1v) is 7.17. The number of halogens is 1. The van der Waals surface area contributed by atoms with Gasteiger partial charge < -0.3 is 10.2 Å². The number of carbonyl (C=O) groups excluding carboxylic acids is 1. The topological polar surface area (TPSA) is 56.1 Å². The third-order valence-corrected chi connectivity index (χ3v) is 3.80. The fourth-order valence-electron chi connectivity index (χ4n) is 2.28. The number of benzene rings is 1. The number of nitriles is 1. The molecule has 1 saturated heterocycles. The van der Waals surface area contributed by atoms with Gasteiger partial charge in [-0.3, -0.25) is 4.79 Å². The minimum atomic E-state index is 0.195. The third kappa shape index (κ3) is 3.27. The van der Waals surface area contributed by atoms with Crippen molar-refractivity contribution in [3.05, 3.63) is 28.2 Å². The molecule has 1 heterocycles. The average molecular weight is 322 g/mol. The Kier molecular flexibility index (Phi) is 4.43. The summed E-state index contributed by atoms with van der Waals surface area (Å²) >= 11 is 3.36. The first-order chi connectivity index (χ1) is 9.13. The Balaban J connectivity index is 2.04. The summed E-state index contributed by atoms with van der Waals surface area (Å²) in [5.74, 6) is 0.195. The molecule has 0 spiro atoms. The van der Waals surface area contributed by atoms with Crippen LogP contribution in [0.5, 0.6) is 0 Å². The van der Waals surface area contributed by atoms with Crippen molar-refractivity contribution in [1.29, 1.82) is 5.26 Å². The van der Waals surface area contributed by atoms with Crippen LogP contribution < -0.4 is 5.32 Å². The highest BCUT2D eigenvalue weighted by Gasteiger charge is 2.25. The third-order valence-electron chi connectivity index (χ3n) is 3.31. The van der Waals surface area contributed by atoms with Crippen molar-refractivity contribution in [2.45, 2.75) is 25.8 Å². The van der Waals surface area contributed by atoms with E-state index in [4.69, 9.17) is 5.26 Å². The van der Waals surface area contributed by atoms with Crippen molar-refractivity contribution in [3.63, 3.8) is 0 Å². The van der Waals surface area contributed by atoms with Crippen molar-refractivity contribution < 1.29 is 4.79 Å². The Hall–Kier alpha value is -1.54. The molecule has 1 aromatic carbocycles. The van der Waals surface area contributed by atoms with Gasteiger partial charge in [0.1, 0.15) is 6.07 Å². The second-order valence-corrected chi connectivity index (χ2v) is 5.54. The molecule has 1 N–H and O–H groups in total. The van der Waals surface area contributed by atoms with E-state index in [9.17, 15) is 4.79 Å². The molecule has 100 valence electrons. The molecule has 1 fully saturated rings. The van der Waals surface area contributed by atoms with E-state index >= 15 is 0 Å². The van der Waals surface area contributed by atoms with Gasteiger partial charge in [0.2, 0.25) is 5.91 Å². The lowest BCUT2D eigenvalue weighted by Gasteiger charge is -2.17. The average Bonchev–Trinajstić information content (AvgIpc) is 2.88. The molecule has 2 rings (SSSR count). The Labute approximate surface area is 121 Å². The number of rotatable bonds is 3. The van der Waals surface area contributed by atoms with E-state index in [2.05, 4.69) is 27.3 Å².